The quantitative estimate of drug-likeness (QED) is 0.190. The van der Waals surface area contributed by atoms with E-state index in [1.54, 1.807) is 55.5 Å². The van der Waals surface area contributed by atoms with Gasteiger partial charge in [-0.05, 0) is 78.6 Å². The standard InChI is InChI=1S/C32H32N4O5S/c1-24-13-14-25(2)30(19-24)36(42(39,40)29-11-7-4-8-12-29)22-31(37)35-34-21-27-15-17-28(18-16-27)41-23-32(38)33-20-26-9-5-3-6-10-26/h3-19,21H,20,22-23H2,1-2H3,(H,33,38)(H,35,37)/b34-21+. The number of ether oxygens (including phenoxy) is 1. The van der Waals surface area contributed by atoms with Gasteiger partial charge in [0.25, 0.3) is 21.8 Å². The van der Waals surface area contributed by atoms with Crippen LogP contribution in [-0.2, 0) is 26.2 Å². The van der Waals surface area contributed by atoms with Crippen molar-refractivity contribution in [1.82, 2.24) is 10.7 Å². The van der Waals surface area contributed by atoms with Crippen LogP contribution in [0.5, 0.6) is 5.75 Å². The fourth-order valence-electron chi connectivity index (χ4n) is 4.00. The van der Waals surface area contributed by atoms with E-state index >= 15 is 0 Å². The second kappa shape index (κ2) is 14.1. The third-order valence-electron chi connectivity index (χ3n) is 6.24. The van der Waals surface area contributed by atoms with E-state index in [0.717, 1.165) is 15.4 Å². The van der Waals surface area contributed by atoms with Crippen molar-refractivity contribution in [2.24, 2.45) is 5.10 Å². The molecule has 4 aromatic rings. The molecular weight excluding hydrogens is 552 g/mol. The van der Waals surface area contributed by atoms with Gasteiger partial charge in [0, 0.05) is 6.54 Å². The van der Waals surface area contributed by atoms with Crippen molar-refractivity contribution in [3.05, 3.63) is 125 Å². The van der Waals surface area contributed by atoms with E-state index in [9.17, 15) is 18.0 Å². The molecule has 0 atom stereocenters. The summed E-state index contributed by atoms with van der Waals surface area (Å²) >= 11 is 0. The van der Waals surface area contributed by atoms with Crippen molar-refractivity contribution < 1.29 is 22.7 Å². The molecule has 0 radical (unpaired) electrons. The number of hydrazone groups is 1. The van der Waals surface area contributed by atoms with E-state index in [0.29, 0.717) is 29.1 Å². The highest BCUT2D eigenvalue weighted by atomic mass is 32.2. The Morgan fingerprint density at radius 2 is 1.52 bits per heavy atom. The minimum atomic E-state index is -4.02. The molecule has 0 aliphatic rings. The van der Waals surface area contributed by atoms with E-state index in [1.165, 1.54) is 18.3 Å². The number of nitrogens with one attached hydrogen (secondary N) is 2. The molecule has 4 aromatic carbocycles. The molecule has 0 aromatic heterocycles. The van der Waals surface area contributed by atoms with Crippen LogP contribution in [0.25, 0.3) is 0 Å². The SMILES string of the molecule is Cc1ccc(C)c(N(CC(=O)N/N=C/c2ccc(OCC(=O)NCc3ccccc3)cc2)S(=O)(=O)c2ccccc2)c1. The summed E-state index contributed by atoms with van der Waals surface area (Å²) in [5.74, 6) is -0.342. The Morgan fingerprint density at radius 3 is 2.21 bits per heavy atom. The van der Waals surface area contributed by atoms with Gasteiger partial charge in [0.1, 0.15) is 12.3 Å². The molecular formula is C32H32N4O5S. The largest absolute Gasteiger partial charge is 0.484 e. The normalized spacial score (nSPS) is 11.2. The molecule has 216 valence electrons. The maximum Gasteiger partial charge on any atom is 0.264 e. The maximum absolute atomic E-state index is 13.5. The Kier molecular flexibility index (Phi) is 10.1. The predicted molar refractivity (Wildman–Crippen MR) is 163 cm³/mol. The summed E-state index contributed by atoms with van der Waals surface area (Å²) in [6.45, 7) is 3.49. The summed E-state index contributed by atoms with van der Waals surface area (Å²) in [5, 5.41) is 6.79. The second-order valence-electron chi connectivity index (χ2n) is 9.53. The average molecular weight is 585 g/mol. The lowest BCUT2D eigenvalue weighted by molar-refractivity contribution is -0.123. The lowest BCUT2D eigenvalue weighted by atomic mass is 10.1. The van der Waals surface area contributed by atoms with Gasteiger partial charge >= 0.3 is 0 Å². The monoisotopic (exact) mass is 584 g/mol. The van der Waals surface area contributed by atoms with E-state index in [4.69, 9.17) is 4.74 Å². The molecule has 2 amide bonds. The fourth-order valence-corrected chi connectivity index (χ4v) is 5.50. The van der Waals surface area contributed by atoms with Crippen LogP contribution < -0.4 is 19.8 Å². The summed E-state index contributed by atoms with van der Waals surface area (Å²) in [4.78, 5) is 25.0. The molecule has 0 bridgehead atoms. The van der Waals surface area contributed by atoms with Crippen molar-refractivity contribution in [3.63, 3.8) is 0 Å². The molecule has 0 saturated carbocycles. The van der Waals surface area contributed by atoms with Crippen LogP contribution in [0, 0.1) is 13.8 Å². The highest BCUT2D eigenvalue weighted by molar-refractivity contribution is 7.92. The first kappa shape index (κ1) is 30.0. The Balaban J connectivity index is 1.34. The molecule has 0 spiro atoms. The first-order valence-electron chi connectivity index (χ1n) is 13.2. The number of hydrogen-bond acceptors (Lipinski definition) is 6. The Hall–Kier alpha value is -4.96. The number of amides is 2. The van der Waals surface area contributed by atoms with Crippen LogP contribution in [0.3, 0.4) is 0 Å². The zero-order chi connectivity index (χ0) is 30.0. The summed E-state index contributed by atoms with van der Waals surface area (Å²) < 4.78 is 33.7. The Morgan fingerprint density at radius 1 is 0.857 bits per heavy atom. The lowest BCUT2D eigenvalue weighted by Crippen LogP contribution is -2.40. The van der Waals surface area contributed by atoms with E-state index in [1.807, 2.05) is 49.4 Å². The number of rotatable bonds is 12. The molecule has 0 aliphatic carbocycles. The molecule has 2 N–H and O–H groups in total. The summed E-state index contributed by atoms with van der Waals surface area (Å²) in [5.41, 5.74) is 6.07. The highest BCUT2D eigenvalue weighted by Crippen LogP contribution is 2.27. The number of aryl methyl sites for hydroxylation is 2. The minimum absolute atomic E-state index is 0.0817. The number of carbonyl (C=O) groups is 2. The van der Waals surface area contributed by atoms with Crippen LogP contribution in [0.1, 0.15) is 22.3 Å². The topological polar surface area (TPSA) is 117 Å². The summed E-state index contributed by atoms with van der Waals surface area (Å²) in [6.07, 6.45) is 1.43. The molecule has 0 saturated heterocycles. The van der Waals surface area contributed by atoms with Crippen molar-refractivity contribution in [3.8, 4) is 5.75 Å². The van der Waals surface area contributed by atoms with Crippen LogP contribution in [-0.4, -0.2) is 39.6 Å². The molecule has 0 fully saturated rings. The van der Waals surface area contributed by atoms with Gasteiger partial charge in [-0.1, -0.05) is 60.7 Å². The molecule has 0 unspecified atom stereocenters. The number of nitrogens with zero attached hydrogens (tertiary/aromatic N) is 2. The van der Waals surface area contributed by atoms with E-state index in [-0.39, 0.29) is 17.4 Å². The number of anilines is 1. The number of benzene rings is 4. The lowest BCUT2D eigenvalue weighted by Gasteiger charge is -2.25. The molecule has 9 nitrogen and oxygen atoms in total. The maximum atomic E-state index is 13.5. The van der Waals surface area contributed by atoms with Crippen LogP contribution in [0.2, 0.25) is 0 Å². The predicted octanol–water partition coefficient (Wildman–Crippen LogP) is 4.34. The summed E-state index contributed by atoms with van der Waals surface area (Å²) in [6, 6.07) is 29.8. The van der Waals surface area contributed by atoms with Crippen molar-refractivity contribution in [2.45, 2.75) is 25.3 Å². The first-order valence-corrected chi connectivity index (χ1v) is 14.7. The van der Waals surface area contributed by atoms with Crippen LogP contribution in [0.15, 0.2) is 113 Å². The first-order chi connectivity index (χ1) is 20.2. The second-order valence-corrected chi connectivity index (χ2v) is 11.4. The number of hydrogen-bond donors (Lipinski definition) is 2. The van der Waals surface area contributed by atoms with Gasteiger partial charge in [-0.25, -0.2) is 13.8 Å². The van der Waals surface area contributed by atoms with Gasteiger partial charge < -0.3 is 10.1 Å². The van der Waals surface area contributed by atoms with Gasteiger partial charge in [0.2, 0.25) is 0 Å². The number of sulfonamides is 1. The van der Waals surface area contributed by atoms with Gasteiger partial charge in [0.15, 0.2) is 6.61 Å². The minimum Gasteiger partial charge on any atom is -0.484 e. The van der Waals surface area contributed by atoms with Gasteiger partial charge in [-0.2, -0.15) is 5.10 Å². The van der Waals surface area contributed by atoms with Crippen molar-refractivity contribution in [2.75, 3.05) is 17.5 Å². The zero-order valence-electron chi connectivity index (χ0n) is 23.4. The zero-order valence-corrected chi connectivity index (χ0v) is 24.2. The molecule has 42 heavy (non-hydrogen) atoms. The van der Waals surface area contributed by atoms with Crippen LogP contribution in [0.4, 0.5) is 5.69 Å². The molecule has 4 rings (SSSR count). The van der Waals surface area contributed by atoms with Gasteiger partial charge in [-0.15, -0.1) is 0 Å². The summed E-state index contributed by atoms with van der Waals surface area (Å²) in [7, 11) is -4.02. The third-order valence-corrected chi connectivity index (χ3v) is 8.01. The Labute approximate surface area is 245 Å². The fraction of sp³-hybridized carbons (Fsp3) is 0.156. The van der Waals surface area contributed by atoms with Crippen LogP contribution >= 0.6 is 0 Å². The average Bonchev–Trinajstić information content (AvgIpc) is 3.00. The molecule has 10 heteroatoms. The van der Waals surface area contributed by atoms with Gasteiger partial charge in [-0.3, -0.25) is 13.9 Å². The Bertz CT molecular complexity index is 1640. The molecule has 0 heterocycles. The van der Waals surface area contributed by atoms with Crippen molar-refractivity contribution >= 4 is 33.7 Å². The van der Waals surface area contributed by atoms with Crippen molar-refractivity contribution in [1.29, 1.82) is 0 Å². The number of carbonyl (C=O) groups excluding carboxylic acids is 2. The van der Waals surface area contributed by atoms with Gasteiger partial charge in [0.05, 0.1) is 16.8 Å². The third kappa shape index (κ3) is 8.28. The smallest absolute Gasteiger partial charge is 0.264 e. The molecule has 0 aliphatic heterocycles. The van der Waals surface area contributed by atoms with E-state index < -0.39 is 22.5 Å². The van der Waals surface area contributed by atoms with E-state index in [2.05, 4.69) is 15.8 Å². The highest BCUT2D eigenvalue weighted by Gasteiger charge is 2.28.